The second kappa shape index (κ2) is 9.09. The predicted molar refractivity (Wildman–Crippen MR) is 111 cm³/mol. The molecule has 0 bridgehead atoms. The third kappa shape index (κ3) is 4.34. The highest BCUT2D eigenvalue weighted by molar-refractivity contribution is 6.22. The van der Waals surface area contributed by atoms with Gasteiger partial charge in [-0.2, -0.15) is 0 Å². The monoisotopic (exact) mass is 424 g/mol. The molecule has 2 atom stereocenters. The van der Waals surface area contributed by atoms with Gasteiger partial charge in [-0.1, -0.05) is 30.3 Å². The lowest BCUT2D eigenvalue weighted by Gasteiger charge is -2.23. The van der Waals surface area contributed by atoms with Crippen LogP contribution in [0, 0.1) is 0 Å². The van der Waals surface area contributed by atoms with E-state index in [0.717, 1.165) is 4.90 Å². The largest absolute Gasteiger partial charge is 0.464 e. The Morgan fingerprint density at radius 1 is 1.03 bits per heavy atom. The smallest absolute Gasteiger partial charge is 0.331 e. The lowest BCUT2D eigenvalue weighted by atomic mass is 10.0. The summed E-state index contributed by atoms with van der Waals surface area (Å²) in [5, 5.41) is 13.2. The number of esters is 1. The highest BCUT2D eigenvalue weighted by Crippen LogP contribution is 2.26. The van der Waals surface area contributed by atoms with E-state index in [1.807, 2.05) is 0 Å². The second-order valence-electron chi connectivity index (χ2n) is 7.39. The van der Waals surface area contributed by atoms with E-state index in [9.17, 15) is 24.3 Å². The van der Waals surface area contributed by atoms with Crippen molar-refractivity contribution in [3.05, 3.63) is 70.8 Å². The zero-order valence-corrected chi connectivity index (χ0v) is 17.5. The van der Waals surface area contributed by atoms with Crippen LogP contribution < -0.4 is 5.32 Å². The minimum absolute atomic E-state index is 0.0766. The summed E-state index contributed by atoms with van der Waals surface area (Å²) >= 11 is 0. The van der Waals surface area contributed by atoms with Crippen molar-refractivity contribution in [1.29, 1.82) is 0 Å². The number of aliphatic hydroxyl groups excluding tert-OH is 1. The molecule has 0 aromatic heterocycles. The number of fused-ring (bicyclic) bond motifs is 1. The van der Waals surface area contributed by atoms with Crippen LogP contribution in [0.15, 0.2) is 48.5 Å². The van der Waals surface area contributed by atoms with Crippen molar-refractivity contribution in [2.24, 2.45) is 0 Å². The van der Waals surface area contributed by atoms with E-state index < -0.39 is 35.8 Å². The molecular formula is C23H24N2O6. The van der Waals surface area contributed by atoms with Gasteiger partial charge in [-0.3, -0.25) is 19.3 Å². The van der Waals surface area contributed by atoms with Crippen molar-refractivity contribution < 1.29 is 29.0 Å². The van der Waals surface area contributed by atoms with E-state index >= 15 is 0 Å². The number of aliphatic hydroxyl groups is 1. The normalized spacial score (nSPS) is 14.9. The fraction of sp³-hybridized carbons (Fsp3) is 0.304. The molecule has 0 fully saturated rings. The van der Waals surface area contributed by atoms with Gasteiger partial charge in [-0.15, -0.1) is 0 Å². The maximum Gasteiger partial charge on any atom is 0.331 e. The number of rotatable bonds is 7. The molecule has 31 heavy (non-hydrogen) atoms. The van der Waals surface area contributed by atoms with Gasteiger partial charge in [0, 0.05) is 11.6 Å². The predicted octanol–water partition coefficient (Wildman–Crippen LogP) is 2.09. The summed E-state index contributed by atoms with van der Waals surface area (Å²) in [6.45, 7) is 5.15. The maximum atomic E-state index is 12.9. The molecule has 8 nitrogen and oxygen atoms in total. The third-order valence-corrected chi connectivity index (χ3v) is 4.98. The topological polar surface area (TPSA) is 113 Å². The minimum Gasteiger partial charge on any atom is -0.464 e. The zero-order valence-electron chi connectivity index (χ0n) is 17.5. The van der Waals surface area contributed by atoms with E-state index in [1.54, 1.807) is 51.1 Å². The van der Waals surface area contributed by atoms with Crippen LogP contribution in [0.1, 0.15) is 63.5 Å². The number of carbonyl (C=O) groups excluding carboxylic acids is 4. The van der Waals surface area contributed by atoms with Gasteiger partial charge in [-0.25, -0.2) is 4.79 Å². The molecule has 3 rings (SSSR count). The molecule has 0 saturated carbocycles. The number of imide groups is 1. The number of amides is 3. The summed E-state index contributed by atoms with van der Waals surface area (Å²) in [4.78, 5) is 51.4. The van der Waals surface area contributed by atoms with Gasteiger partial charge in [0.15, 0.2) is 6.04 Å². The Bertz CT molecular complexity index is 1020. The lowest BCUT2D eigenvalue weighted by Crippen LogP contribution is -2.46. The molecule has 162 valence electrons. The van der Waals surface area contributed by atoms with Crippen molar-refractivity contribution in [2.75, 3.05) is 6.61 Å². The number of hydrogen-bond donors (Lipinski definition) is 2. The Labute approximate surface area is 179 Å². The molecule has 0 saturated heterocycles. The Hall–Kier alpha value is -3.52. The first-order chi connectivity index (χ1) is 14.8. The van der Waals surface area contributed by atoms with Crippen LogP contribution in [0.25, 0.3) is 0 Å². The SMILES string of the molecule is CCOC(=O)C(NC(=O)c1ccc2c(c1)C(=O)N(C(C)C)C2=O)C(O)c1ccccc1. The van der Waals surface area contributed by atoms with E-state index in [4.69, 9.17) is 4.74 Å². The average Bonchev–Trinajstić information content (AvgIpc) is 3.01. The number of nitrogens with one attached hydrogen (secondary N) is 1. The fourth-order valence-corrected chi connectivity index (χ4v) is 3.44. The van der Waals surface area contributed by atoms with Gasteiger partial charge in [-0.05, 0) is 44.5 Å². The van der Waals surface area contributed by atoms with E-state index in [-0.39, 0.29) is 29.3 Å². The van der Waals surface area contributed by atoms with Gasteiger partial charge >= 0.3 is 5.97 Å². The van der Waals surface area contributed by atoms with Crippen LogP contribution in [0.2, 0.25) is 0 Å². The van der Waals surface area contributed by atoms with E-state index in [0.29, 0.717) is 5.56 Å². The number of benzene rings is 2. The minimum atomic E-state index is -1.35. The van der Waals surface area contributed by atoms with E-state index in [2.05, 4.69) is 5.32 Å². The van der Waals surface area contributed by atoms with E-state index in [1.165, 1.54) is 18.2 Å². The molecular weight excluding hydrogens is 400 g/mol. The molecule has 1 heterocycles. The van der Waals surface area contributed by atoms with Crippen molar-refractivity contribution >= 4 is 23.7 Å². The molecule has 1 aliphatic rings. The molecule has 3 amide bonds. The Balaban J connectivity index is 1.87. The number of nitrogens with zero attached hydrogens (tertiary/aromatic N) is 1. The van der Waals surface area contributed by atoms with Crippen LogP contribution in [0.5, 0.6) is 0 Å². The van der Waals surface area contributed by atoms with Gasteiger partial charge in [0.25, 0.3) is 17.7 Å². The number of carbonyl (C=O) groups is 4. The summed E-state index contributed by atoms with van der Waals surface area (Å²) in [6, 6.07) is 10.9. The molecule has 2 aromatic rings. The fourth-order valence-electron chi connectivity index (χ4n) is 3.44. The molecule has 0 aliphatic carbocycles. The Kier molecular flexibility index (Phi) is 6.50. The third-order valence-electron chi connectivity index (χ3n) is 4.98. The Morgan fingerprint density at radius 3 is 2.29 bits per heavy atom. The standard InChI is InChI=1S/C23H24N2O6/c1-4-31-23(30)18(19(26)14-8-6-5-7-9-14)24-20(27)15-10-11-16-17(12-15)22(29)25(13(2)3)21(16)28/h5-13,18-19,26H,4H2,1-3H3,(H,24,27). The van der Waals surface area contributed by atoms with Gasteiger partial charge in [0.2, 0.25) is 0 Å². The van der Waals surface area contributed by atoms with Crippen molar-refractivity contribution in [2.45, 2.75) is 39.0 Å². The molecule has 2 N–H and O–H groups in total. The molecule has 2 unspecified atom stereocenters. The van der Waals surface area contributed by atoms with Crippen LogP contribution in [-0.2, 0) is 9.53 Å². The molecule has 2 aromatic carbocycles. The van der Waals surface area contributed by atoms with Gasteiger partial charge in [0.05, 0.1) is 17.7 Å². The van der Waals surface area contributed by atoms with Crippen LogP contribution in [0.3, 0.4) is 0 Å². The lowest BCUT2D eigenvalue weighted by molar-refractivity contribution is -0.148. The molecule has 8 heteroatoms. The van der Waals surface area contributed by atoms with Crippen molar-refractivity contribution in [1.82, 2.24) is 10.2 Å². The first-order valence-electron chi connectivity index (χ1n) is 9.98. The first-order valence-corrected chi connectivity index (χ1v) is 9.98. The quantitative estimate of drug-likeness (QED) is 0.520. The highest BCUT2D eigenvalue weighted by Gasteiger charge is 2.38. The van der Waals surface area contributed by atoms with Crippen LogP contribution >= 0.6 is 0 Å². The maximum absolute atomic E-state index is 12.9. The molecule has 0 spiro atoms. The number of hydrogen-bond acceptors (Lipinski definition) is 6. The second-order valence-corrected chi connectivity index (χ2v) is 7.39. The first kappa shape index (κ1) is 22.2. The summed E-state index contributed by atoms with van der Waals surface area (Å²) in [5.41, 5.74) is 0.868. The van der Waals surface area contributed by atoms with Gasteiger partial charge < -0.3 is 15.2 Å². The zero-order chi connectivity index (χ0) is 22.7. The summed E-state index contributed by atoms with van der Waals surface area (Å²) in [5.74, 6) is -2.36. The van der Waals surface area contributed by atoms with Crippen molar-refractivity contribution in [3.8, 4) is 0 Å². The summed E-state index contributed by atoms with van der Waals surface area (Å²) < 4.78 is 5.01. The van der Waals surface area contributed by atoms with Gasteiger partial charge in [0.1, 0.15) is 6.10 Å². The average molecular weight is 424 g/mol. The highest BCUT2D eigenvalue weighted by atomic mass is 16.5. The number of ether oxygens (including phenoxy) is 1. The van der Waals surface area contributed by atoms with Crippen molar-refractivity contribution in [3.63, 3.8) is 0 Å². The summed E-state index contributed by atoms with van der Waals surface area (Å²) in [6.07, 6.45) is -1.33. The van der Waals surface area contributed by atoms with Crippen LogP contribution in [0.4, 0.5) is 0 Å². The Morgan fingerprint density at radius 2 is 1.68 bits per heavy atom. The summed E-state index contributed by atoms with van der Waals surface area (Å²) in [7, 11) is 0. The molecule has 1 aliphatic heterocycles. The molecule has 0 radical (unpaired) electrons. The van der Waals surface area contributed by atoms with Crippen LogP contribution in [-0.4, -0.2) is 52.4 Å².